The summed E-state index contributed by atoms with van der Waals surface area (Å²) in [4.78, 5) is 35.8. The molecule has 0 bridgehead atoms. The summed E-state index contributed by atoms with van der Waals surface area (Å²) in [5.41, 5.74) is 4.87. The third-order valence-electron chi connectivity index (χ3n) is 5.97. The molecule has 1 saturated carbocycles. The van der Waals surface area contributed by atoms with E-state index in [2.05, 4.69) is 40.4 Å². The smallest absolute Gasteiger partial charge is 0.411 e. The zero-order valence-corrected chi connectivity index (χ0v) is 21.7. The molecule has 1 aromatic rings. The molecule has 2 atom stereocenters. The number of fused-ring (bicyclic) bond motifs is 2. The summed E-state index contributed by atoms with van der Waals surface area (Å²) in [6, 6.07) is 1.50. The molecule has 32 heavy (non-hydrogen) atoms. The lowest BCUT2D eigenvalue weighted by molar-refractivity contribution is -0.0678. The highest BCUT2D eigenvalue weighted by Crippen LogP contribution is 2.57. The fourth-order valence-corrected chi connectivity index (χ4v) is 4.80. The standard InChI is InChI=1S/C13H14BrClN2O2.C9H18N2O2/c1-3-12(2)4-5-13(12)16-10(18)9-8(15)6-7(14)11(19)17(9)13;1-7(5-6-10)11-8(12)13-9(2,3)4/h6H,3-5H2,1-2H3,(H,16,18);5H,6,10H2,1-4H3,(H,11,12)/b;7-5+. The van der Waals surface area contributed by atoms with Crippen LogP contribution in [0, 0.1) is 5.41 Å². The first kappa shape index (κ1) is 26.4. The van der Waals surface area contributed by atoms with Crippen LogP contribution in [-0.4, -0.2) is 28.7 Å². The number of pyridine rings is 1. The van der Waals surface area contributed by atoms with Crippen molar-refractivity contribution >= 4 is 39.5 Å². The van der Waals surface area contributed by atoms with Crippen LogP contribution in [0.5, 0.6) is 0 Å². The van der Waals surface area contributed by atoms with Crippen LogP contribution in [0.4, 0.5) is 4.79 Å². The molecule has 2 unspecified atom stereocenters. The largest absolute Gasteiger partial charge is 0.444 e. The third kappa shape index (κ3) is 5.05. The zero-order valence-electron chi connectivity index (χ0n) is 19.4. The Balaban J connectivity index is 0.000000247. The molecule has 1 aromatic heterocycles. The normalized spacial score (nSPS) is 24.2. The van der Waals surface area contributed by atoms with Gasteiger partial charge in [0.05, 0.1) is 9.50 Å². The monoisotopic (exact) mass is 530 g/mol. The summed E-state index contributed by atoms with van der Waals surface area (Å²) in [7, 11) is 0. The van der Waals surface area contributed by atoms with E-state index in [1.807, 2.05) is 20.8 Å². The number of hydrogen-bond acceptors (Lipinski definition) is 5. The van der Waals surface area contributed by atoms with Gasteiger partial charge in [-0.1, -0.05) is 31.5 Å². The molecule has 8 nitrogen and oxygen atoms in total. The lowest BCUT2D eigenvalue weighted by Crippen LogP contribution is -2.64. The van der Waals surface area contributed by atoms with Crippen molar-refractivity contribution in [2.75, 3.05) is 6.54 Å². The molecule has 0 saturated heterocycles. The van der Waals surface area contributed by atoms with E-state index in [0.717, 1.165) is 19.3 Å². The maximum Gasteiger partial charge on any atom is 0.411 e. The van der Waals surface area contributed by atoms with Gasteiger partial charge in [0.1, 0.15) is 17.0 Å². The van der Waals surface area contributed by atoms with Crippen LogP contribution in [-0.2, 0) is 10.4 Å². The molecular formula is C22H32BrClN4O4. The van der Waals surface area contributed by atoms with E-state index in [9.17, 15) is 14.4 Å². The van der Waals surface area contributed by atoms with E-state index in [-0.39, 0.29) is 22.6 Å². The Morgan fingerprint density at radius 1 is 1.41 bits per heavy atom. The number of rotatable bonds is 3. The van der Waals surface area contributed by atoms with Gasteiger partial charge in [-0.3, -0.25) is 19.5 Å². The van der Waals surface area contributed by atoms with Gasteiger partial charge < -0.3 is 15.8 Å². The molecular weight excluding hydrogens is 500 g/mol. The summed E-state index contributed by atoms with van der Waals surface area (Å²) in [5, 5.41) is 5.87. The van der Waals surface area contributed by atoms with Gasteiger partial charge >= 0.3 is 6.09 Å². The minimum absolute atomic E-state index is 0.109. The Morgan fingerprint density at radius 2 is 2.03 bits per heavy atom. The number of amides is 2. The van der Waals surface area contributed by atoms with E-state index in [1.54, 1.807) is 17.6 Å². The van der Waals surface area contributed by atoms with Crippen LogP contribution >= 0.6 is 27.5 Å². The van der Waals surface area contributed by atoms with Crippen molar-refractivity contribution in [2.24, 2.45) is 11.1 Å². The molecule has 2 heterocycles. The van der Waals surface area contributed by atoms with E-state index >= 15 is 0 Å². The summed E-state index contributed by atoms with van der Waals surface area (Å²) in [5.74, 6) is -0.256. The number of nitrogens with two attached hydrogens (primary N) is 1. The average Bonchev–Trinajstić information content (AvgIpc) is 3.00. The Morgan fingerprint density at radius 3 is 2.50 bits per heavy atom. The topological polar surface area (TPSA) is 115 Å². The van der Waals surface area contributed by atoms with Crippen LogP contribution in [0.1, 0.15) is 71.3 Å². The number of carbonyl (C=O) groups is 2. The molecule has 0 radical (unpaired) electrons. The van der Waals surface area contributed by atoms with Gasteiger partial charge in [-0.15, -0.1) is 0 Å². The van der Waals surface area contributed by atoms with Crippen molar-refractivity contribution in [3.05, 3.63) is 43.4 Å². The Hall–Kier alpha value is -1.84. The quantitative estimate of drug-likeness (QED) is 0.539. The van der Waals surface area contributed by atoms with Crippen molar-refractivity contribution in [3.8, 4) is 0 Å². The minimum Gasteiger partial charge on any atom is -0.444 e. The lowest BCUT2D eigenvalue weighted by Gasteiger charge is -2.56. The first-order valence-electron chi connectivity index (χ1n) is 10.5. The highest BCUT2D eigenvalue weighted by Gasteiger charge is 2.61. The van der Waals surface area contributed by atoms with Crippen LogP contribution in [0.15, 0.2) is 27.1 Å². The number of nitrogens with zero attached hydrogens (tertiary/aromatic N) is 1. The third-order valence-corrected chi connectivity index (χ3v) is 6.82. The van der Waals surface area contributed by atoms with Gasteiger partial charge in [0, 0.05) is 17.7 Å². The molecule has 178 valence electrons. The predicted molar refractivity (Wildman–Crippen MR) is 129 cm³/mol. The predicted octanol–water partition coefficient (Wildman–Crippen LogP) is 4.24. The number of nitrogens with one attached hydrogen (secondary N) is 2. The minimum atomic E-state index is -0.612. The molecule has 2 amide bonds. The number of carbonyl (C=O) groups excluding carboxylic acids is 2. The van der Waals surface area contributed by atoms with E-state index in [0.29, 0.717) is 21.7 Å². The summed E-state index contributed by atoms with van der Waals surface area (Å²) in [6.07, 6.45) is 3.91. The van der Waals surface area contributed by atoms with Crippen LogP contribution < -0.4 is 21.9 Å². The molecule has 1 aliphatic carbocycles. The second kappa shape index (κ2) is 9.57. The molecule has 4 N–H and O–H groups in total. The summed E-state index contributed by atoms with van der Waals surface area (Å²) < 4.78 is 6.98. The summed E-state index contributed by atoms with van der Waals surface area (Å²) >= 11 is 9.36. The second-order valence-electron chi connectivity index (χ2n) is 9.31. The van der Waals surface area contributed by atoms with Crippen molar-refractivity contribution in [2.45, 2.75) is 72.1 Å². The number of aromatic nitrogens is 1. The lowest BCUT2D eigenvalue weighted by atomic mass is 9.59. The number of halogens is 2. The van der Waals surface area contributed by atoms with E-state index < -0.39 is 17.4 Å². The summed E-state index contributed by atoms with van der Waals surface area (Å²) in [6.45, 7) is 11.8. The first-order valence-corrected chi connectivity index (χ1v) is 11.7. The van der Waals surface area contributed by atoms with Gasteiger partial charge in [0.15, 0.2) is 0 Å². The molecule has 3 rings (SSSR count). The molecule has 0 aromatic carbocycles. The fourth-order valence-electron chi connectivity index (χ4n) is 3.98. The fraction of sp³-hybridized carbons (Fsp3) is 0.591. The maximum atomic E-state index is 12.4. The zero-order chi connectivity index (χ0) is 24.5. The molecule has 2 aliphatic rings. The SMILES string of the molecule is C/C(=C\CN)NC(=O)OC(C)(C)C.CCC1(C)CCC12NC(=O)c1c(Cl)cc(Br)c(=O)n12. The van der Waals surface area contributed by atoms with Gasteiger partial charge in [-0.05, 0) is 69.0 Å². The first-order chi connectivity index (χ1) is 14.7. The van der Waals surface area contributed by atoms with Crippen molar-refractivity contribution in [3.63, 3.8) is 0 Å². The van der Waals surface area contributed by atoms with Crippen LogP contribution in [0.3, 0.4) is 0 Å². The van der Waals surface area contributed by atoms with E-state index in [4.69, 9.17) is 22.1 Å². The Bertz CT molecular complexity index is 997. The molecule has 1 fully saturated rings. The molecule has 1 spiro atoms. The highest BCUT2D eigenvalue weighted by atomic mass is 79.9. The molecule has 10 heteroatoms. The number of hydrogen-bond donors (Lipinski definition) is 3. The van der Waals surface area contributed by atoms with Gasteiger partial charge in [-0.25, -0.2) is 4.79 Å². The van der Waals surface area contributed by atoms with Crippen molar-refractivity contribution in [1.82, 2.24) is 15.2 Å². The average molecular weight is 532 g/mol. The Labute approximate surface area is 202 Å². The molecule has 1 aliphatic heterocycles. The van der Waals surface area contributed by atoms with Gasteiger partial charge in [-0.2, -0.15) is 0 Å². The van der Waals surface area contributed by atoms with Gasteiger partial charge in [0.25, 0.3) is 11.5 Å². The maximum absolute atomic E-state index is 12.4. The van der Waals surface area contributed by atoms with Crippen LogP contribution in [0.25, 0.3) is 0 Å². The number of alkyl carbamates (subject to hydrolysis) is 1. The van der Waals surface area contributed by atoms with Crippen molar-refractivity contribution < 1.29 is 14.3 Å². The van der Waals surface area contributed by atoms with Crippen LogP contribution in [0.2, 0.25) is 5.02 Å². The number of ether oxygens (including phenoxy) is 1. The van der Waals surface area contributed by atoms with Crippen molar-refractivity contribution in [1.29, 1.82) is 0 Å². The number of allylic oxidation sites excluding steroid dienone is 1. The highest BCUT2D eigenvalue weighted by molar-refractivity contribution is 9.10. The Kier molecular flexibility index (Phi) is 7.90. The second-order valence-corrected chi connectivity index (χ2v) is 10.6. The van der Waals surface area contributed by atoms with E-state index in [1.165, 1.54) is 6.07 Å². The van der Waals surface area contributed by atoms with Gasteiger partial charge in [0.2, 0.25) is 0 Å².